The molecule has 0 amide bonds. The Hall–Kier alpha value is -2.33. The van der Waals surface area contributed by atoms with Crippen molar-refractivity contribution in [3.63, 3.8) is 0 Å². The van der Waals surface area contributed by atoms with E-state index in [-0.39, 0.29) is 39.6 Å². The monoisotopic (exact) mass is 590 g/mol. The molecular formula is C39H59NO3. The number of likely N-dealkylation sites (tertiary alicyclic amines) is 1. The van der Waals surface area contributed by atoms with Gasteiger partial charge in [-0.25, -0.2) is 0 Å². The third kappa shape index (κ3) is 5.55. The van der Waals surface area contributed by atoms with Crippen molar-refractivity contribution in [2.24, 2.45) is 16.7 Å². The molecular weight excluding hydrogens is 530 g/mol. The number of ketones is 1. The Bertz CT molecular complexity index is 1430. The Morgan fingerprint density at radius 2 is 1.63 bits per heavy atom. The van der Waals surface area contributed by atoms with E-state index >= 15 is 0 Å². The van der Waals surface area contributed by atoms with Crippen LogP contribution in [0.1, 0.15) is 143 Å². The minimum Gasteiger partial charge on any atom is -0.487 e. The predicted octanol–water partition coefficient (Wildman–Crippen LogP) is 10.0. The molecule has 2 aromatic carbocycles. The molecule has 4 heteroatoms. The van der Waals surface area contributed by atoms with Gasteiger partial charge in [-0.05, 0) is 128 Å². The third-order valence-corrected chi connectivity index (χ3v) is 11.5. The Morgan fingerprint density at radius 3 is 2.19 bits per heavy atom. The number of nitrogens with zero attached hydrogens (tertiary/aromatic N) is 1. The van der Waals surface area contributed by atoms with Gasteiger partial charge >= 0.3 is 0 Å². The van der Waals surface area contributed by atoms with Crippen LogP contribution >= 0.6 is 0 Å². The van der Waals surface area contributed by atoms with Crippen LogP contribution in [-0.2, 0) is 5.41 Å². The lowest BCUT2D eigenvalue weighted by Crippen LogP contribution is -2.65. The lowest BCUT2D eigenvalue weighted by atomic mass is 9.50. The summed E-state index contributed by atoms with van der Waals surface area (Å²) in [5.74, 6) is 1.45. The summed E-state index contributed by atoms with van der Waals surface area (Å²) in [5, 5.41) is 0. The number of rotatable bonds is 7. The van der Waals surface area contributed by atoms with Crippen molar-refractivity contribution in [2.75, 3.05) is 6.54 Å². The molecule has 3 unspecified atom stereocenters. The third-order valence-electron chi connectivity index (χ3n) is 11.5. The first-order valence-corrected chi connectivity index (χ1v) is 16.3. The highest BCUT2D eigenvalue weighted by Crippen LogP contribution is 2.62. The number of aryl methyl sites for hydroxylation is 1. The first kappa shape index (κ1) is 32.1. The lowest BCUT2D eigenvalue weighted by molar-refractivity contribution is -0.143. The molecule has 1 saturated heterocycles. The Kier molecular flexibility index (Phi) is 8.15. The Balaban J connectivity index is 1.75. The summed E-state index contributed by atoms with van der Waals surface area (Å²) in [6.45, 7) is 33.4. The second kappa shape index (κ2) is 10.9. The first-order valence-electron chi connectivity index (χ1n) is 16.8. The molecule has 0 aromatic heterocycles. The molecule has 0 radical (unpaired) electrons. The van der Waals surface area contributed by atoms with Crippen LogP contribution in [0.25, 0.3) is 0 Å². The predicted molar refractivity (Wildman–Crippen MR) is 180 cm³/mol. The summed E-state index contributed by atoms with van der Waals surface area (Å²) in [7, 11) is 0. The number of Topliss-reactive ketones (excluding diaryl/α,β-unsaturated/α-hetero) is 1. The van der Waals surface area contributed by atoms with Crippen LogP contribution in [0.5, 0.6) is 11.5 Å². The topological polar surface area (TPSA) is 38.8 Å². The molecule has 1 fully saturated rings. The highest BCUT2D eigenvalue weighted by Gasteiger charge is 2.60. The van der Waals surface area contributed by atoms with E-state index in [2.05, 4.69) is 100 Å². The molecule has 1 heterocycles. The van der Waals surface area contributed by atoms with E-state index in [9.17, 15) is 6.17 Å². The molecule has 0 spiro atoms. The molecule has 3 atom stereocenters. The number of piperidine rings is 1. The van der Waals surface area contributed by atoms with Gasteiger partial charge < -0.3 is 9.47 Å². The van der Waals surface area contributed by atoms with E-state index in [0.717, 1.165) is 53.0 Å². The average molecular weight is 591 g/mol. The van der Waals surface area contributed by atoms with Crippen molar-refractivity contribution in [3.05, 3.63) is 58.1 Å². The van der Waals surface area contributed by atoms with Gasteiger partial charge in [-0.3, -0.25) is 9.69 Å². The smallest absolute Gasteiger partial charge is 0.167 e. The number of ether oxygens (including phenoxy) is 2. The molecule has 4 rings (SSSR count). The van der Waals surface area contributed by atoms with Crippen LogP contribution in [0.15, 0.2) is 30.3 Å². The van der Waals surface area contributed by atoms with Crippen molar-refractivity contribution in [1.29, 1.82) is 0 Å². The van der Waals surface area contributed by atoms with Crippen molar-refractivity contribution < 1.29 is 15.6 Å². The van der Waals surface area contributed by atoms with E-state index in [1.807, 2.05) is 39.0 Å². The Morgan fingerprint density at radius 1 is 1.02 bits per heavy atom. The standard InChI is InChI=1S/C39H59NO3/c1-24(2)42-31-22-29-32(26(4)34(31)43-35(6,7)8)36(9,10)30(33(29)41)23-39(15)20-21-40(38(13,14)37(39,11)12)27(5)28-19-17-16-18-25(28)3/h16-19,22,24,27,30H,20-21,23H2,1-15H3/i27D. The zero-order valence-corrected chi connectivity index (χ0v) is 29.8. The number of hydrogen-bond donors (Lipinski definition) is 0. The van der Waals surface area contributed by atoms with Crippen LogP contribution in [0, 0.1) is 30.6 Å². The van der Waals surface area contributed by atoms with Gasteiger partial charge in [0.1, 0.15) is 5.60 Å². The van der Waals surface area contributed by atoms with Crippen LogP contribution in [-0.4, -0.2) is 34.5 Å². The lowest BCUT2D eigenvalue weighted by Gasteiger charge is -2.64. The van der Waals surface area contributed by atoms with Crippen molar-refractivity contribution in [2.45, 2.75) is 145 Å². The van der Waals surface area contributed by atoms with E-state index in [1.54, 1.807) is 0 Å². The molecule has 2 aromatic rings. The SMILES string of the molecule is [2H]C(C)(c1ccccc1C)N1CCC(C)(CC2C(=O)c3cc(OC(C)C)c(OC(C)(C)C)c(C)c3C2(C)C)C(C)(C)C1(C)C. The van der Waals surface area contributed by atoms with Crippen LogP contribution < -0.4 is 9.47 Å². The minimum absolute atomic E-state index is 0.0374. The maximum Gasteiger partial charge on any atom is 0.167 e. The minimum atomic E-state index is -0.875. The molecule has 0 saturated carbocycles. The molecule has 43 heavy (non-hydrogen) atoms. The highest BCUT2D eigenvalue weighted by molar-refractivity contribution is 6.05. The van der Waals surface area contributed by atoms with Gasteiger partial charge in [-0.15, -0.1) is 0 Å². The van der Waals surface area contributed by atoms with Gasteiger partial charge in [0.2, 0.25) is 0 Å². The van der Waals surface area contributed by atoms with Gasteiger partial charge in [0.05, 0.1) is 7.47 Å². The number of benzene rings is 2. The summed E-state index contributed by atoms with van der Waals surface area (Å²) in [6.07, 6.45) is 1.66. The number of fused-ring (bicyclic) bond motifs is 1. The van der Waals surface area contributed by atoms with E-state index in [0.29, 0.717) is 5.75 Å². The second-order valence-electron chi connectivity index (χ2n) is 16.5. The molecule has 1 aliphatic heterocycles. The van der Waals surface area contributed by atoms with Gasteiger partial charge in [0.25, 0.3) is 0 Å². The van der Waals surface area contributed by atoms with E-state index in [4.69, 9.17) is 9.47 Å². The fourth-order valence-electron chi connectivity index (χ4n) is 8.15. The van der Waals surface area contributed by atoms with Gasteiger partial charge in [0, 0.05) is 28.5 Å². The highest BCUT2D eigenvalue weighted by atomic mass is 16.5. The van der Waals surface area contributed by atoms with E-state index < -0.39 is 11.6 Å². The normalized spacial score (nSPS) is 26.6. The summed E-state index contributed by atoms with van der Waals surface area (Å²) in [6, 6.07) is 9.39. The number of hydrogen-bond acceptors (Lipinski definition) is 4. The van der Waals surface area contributed by atoms with Crippen LogP contribution in [0.2, 0.25) is 0 Å². The fraction of sp³-hybridized carbons (Fsp3) is 0.667. The fourth-order valence-corrected chi connectivity index (χ4v) is 8.15. The zero-order valence-electron chi connectivity index (χ0n) is 30.8. The van der Waals surface area contributed by atoms with Crippen molar-refractivity contribution in [3.8, 4) is 11.5 Å². The molecule has 2 aliphatic rings. The number of carbonyl (C=O) groups excluding carboxylic acids is 1. The molecule has 0 bridgehead atoms. The summed E-state index contributed by atoms with van der Waals surface area (Å²) in [5.41, 5.74) is 3.68. The summed E-state index contributed by atoms with van der Waals surface area (Å²) in [4.78, 5) is 16.9. The molecule has 0 N–H and O–H groups in total. The van der Waals surface area contributed by atoms with Crippen molar-refractivity contribution in [1.82, 2.24) is 4.90 Å². The van der Waals surface area contributed by atoms with Crippen molar-refractivity contribution >= 4 is 5.78 Å². The zero-order chi connectivity index (χ0) is 33.4. The molecule has 1 aliphatic carbocycles. The number of carbonyl (C=O) groups is 1. The average Bonchev–Trinajstić information content (AvgIpc) is 3.04. The second-order valence-corrected chi connectivity index (χ2v) is 16.5. The maximum atomic E-state index is 14.5. The van der Waals surface area contributed by atoms with Gasteiger partial charge in [-0.1, -0.05) is 58.9 Å². The largest absolute Gasteiger partial charge is 0.487 e. The molecule has 238 valence electrons. The van der Waals surface area contributed by atoms with Crippen LogP contribution in [0.3, 0.4) is 0 Å². The van der Waals surface area contributed by atoms with Crippen LogP contribution in [0.4, 0.5) is 0 Å². The molecule has 4 nitrogen and oxygen atoms in total. The van der Waals surface area contributed by atoms with Gasteiger partial charge in [0.15, 0.2) is 17.3 Å². The Labute approximate surface area is 264 Å². The maximum absolute atomic E-state index is 14.5. The quantitative estimate of drug-likeness (QED) is 0.322. The summed E-state index contributed by atoms with van der Waals surface area (Å²) >= 11 is 0. The summed E-state index contributed by atoms with van der Waals surface area (Å²) < 4.78 is 22.5. The van der Waals surface area contributed by atoms with E-state index in [1.165, 1.54) is 0 Å². The first-order chi connectivity index (χ1) is 19.9. The van der Waals surface area contributed by atoms with Gasteiger partial charge in [-0.2, -0.15) is 0 Å².